The first-order valence-corrected chi connectivity index (χ1v) is 7.94. The van der Waals surface area contributed by atoms with E-state index in [-0.39, 0.29) is 6.03 Å². The van der Waals surface area contributed by atoms with Crippen molar-refractivity contribution in [3.63, 3.8) is 0 Å². The Morgan fingerprint density at radius 1 is 1.19 bits per heavy atom. The van der Waals surface area contributed by atoms with Crippen molar-refractivity contribution in [3.8, 4) is 0 Å². The van der Waals surface area contributed by atoms with Gasteiger partial charge in [0, 0.05) is 38.8 Å². The Morgan fingerprint density at radius 2 is 1.81 bits per heavy atom. The van der Waals surface area contributed by atoms with Gasteiger partial charge in [0.25, 0.3) is 0 Å². The highest BCUT2D eigenvalue weighted by atomic mass is 16.4. The maximum absolute atomic E-state index is 12.6. The summed E-state index contributed by atoms with van der Waals surface area (Å²) >= 11 is 0. The second kappa shape index (κ2) is 6.22. The zero-order valence-electron chi connectivity index (χ0n) is 13.3. The van der Waals surface area contributed by atoms with Crippen LogP contribution in [-0.4, -0.2) is 76.1 Å². The van der Waals surface area contributed by atoms with Gasteiger partial charge in [-0.3, -0.25) is 4.90 Å². The second-order valence-corrected chi connectivity index (χ2v) is 6.40. The van der Waals surface area contributed by atoms with E-state index in [1.165, 1.54) is 0 Å². The molecular formula is C15H27N3O3. The first kappa shape index (κ1) is 16.1. The molecule has 1 N–H and O–H groups in total. The normalized spacial score (nSPS) is 28.7. The van der Waals surface area contributed by atoms with E-state index in [0.29, 0.717) is 32.1 Å². The van der Waals surface area contributed by atoms with Crippen molar-refractivity contribution in [1.29, 1.82) is 0 Å². The van der Waals surface area contributed by atoms with E-state index in [2.05, 4.69) is 18.7 Å². The molecule has 120 valence electrons. The predicted molar refractivity (Wildman–Crippen MR) is 80.3 cm³/mol. The molecule has 2 rings (SSSR count). The number of carboxylic acids is 1. The monoisotopic (exact) mass is 297 g/mol. The van der Waals surface area contributed by atoms with E-state index in [1.807, 2.05) is 4.90 Å². The Hall–Kier alpha value is -1.30. The van der Waals surface area contributed by atoms with E-state index < -0.39 is 11.5 Å². The Bertz CT molecular complexity index is 407. The third kappa shape index (κ3) is 3.00. The number of piperazine rings is 1. The summed E-state index contributed by atoms with van der Waals surface area (Å²) in [5.74, 6) is -0.897. The molecule has 21 heavy (non-hydrogen) atoms. The zero-order chi connectivity index (χ0) is 15.6. The largest absolute Gasteiger partial charge is 0.480 e. The van der Waals surface area contributed by atoms with Crippen molar-refractivity contribution < 1.29 is 14.7 Å². The highest BCUT2D eigenvalue weighted by Gasteiger charge is 2.47. The standard InChI is InChI=1S/C15H27N3O3/c1-4-12(2)16-8-10-17(11-9-16)14(21)18-7-5-6-15(18,3)13(19)20/h12H,4-11H2,1-3H3,(H,19,20). The minimum atomic E-state index is -1.04. The van der Waals surface area contributed by atoms with E-state index in [0.717, 1.165) is 25.9 Å². The number of carbonyl (C=O) groups is 2. The van der Waals surface area contributed by atoms with E-state index >= 15 is 0 Å². The Balaban J connectivity index is 1.97. The minimum Gasteiger partial charge on any atom is -0.480 e. The molecule has 0 aromatic heterocycles. The third-order valence-electron chi connectivity index (χ3n) is 5.13. The maximum atomic E-state index is 12.6. The summed E-state index contributed by atoms with van der Waals surface area (Å²) in [5.41, 5.74) is -1.04. The van der Waals surface area contributed by atoms with Gasteiger partial charge in [0.2, 0.25) is 0 Å². The Morgan fingerprint density at radius 3 is 2.33 bits per heavy atom. The lowest BCUT2D eigenvalue weighted by molar-refractivity contribution is -0.147. The Kier molecular flexibility index (Phi) is 4.76. The molecule has 0 saturated carbocycles. The van der Waals surface area contributed by atoms with Crippen LogP contribution in [-0.2, 0) is 4.79 Å². The lowest BCUT2D eigenvalue weighted by Gasteiger charge is -2.41. The van der Waals surface area contributed by atoms with Crippen molar-refractivity contribution in [2.45, 2.75) is 51.6 Å². The van der Waals surface area contributed by atoms with Gasteiger partial charge in [-0.1, -0.05) is 6.92 Å². The molecular weight excluding hydrogens is 270 g/mol. The van der Waals surface area contributed by atoms with Crippen LogP contribution in [0.15, 0.2) is 0 Å². The summed E-state index contributed by atoms with van der Waals surface area (Å²) in [4.78, 5) is 29.9. The number of carboxylic acid groups (broad SMARTS) is 1. The number of urea groups is 1. The topological polar surface area (TPSA) is 64.1 Å². The molecule has 0 bridgehead atoms. The van der Waals surface area contributed by atoms with Gasteiger partial charge >= 0.3 is 12.0 Å². The van der Waals surface area contributed by atoms with E-state index in [4.69, 9.17) is 0 Å². The molecule has 0 aliphatic carbocycles. The summed E-state index contributed by atoms with van der Waals surface area (Å²) in [6, 6.07) is 0.430. The molecule has 2 heterocycles. The molecule has 2 aliphatic rings. The summed E-state index contributed by atoms with van der Waals surface area (Å²) in [6.07, 6.45) is 2.42. The molecule has 2 atom stereocenters. The minimum absolute atomic E-state index is 0.110. The number of amides is 2. The second-order valence-electron chi connectivity index (χ2n) is 6.40. The van der Waals surface area contributed by atoms with Gasteiger partial charge in [0.1, 0.15) is 5.54 Å². The average Bonchev–Trinajstić information content (AvgIpc) is 2.89. The van der Waals surface area contributed by atoms with Gasteiger partial charge in [0.15, 0.2) is 0 Å². The molecule has 0 spiro atoms. The number of likely N-dealkylation sites (tertiary alicyclic amines) is 1. The van der Waals surface area contributed by atoms with Crippen LogP contribution in [0.3, 0.4) is 0 Å². The van der Waals surface area contributed by atoms with Crippen LogP contribution in [0, 0.1) is 0 Å². The molecule has 2 amide bonds. The molecule has 6 heteroatoms. The number of nitrogens with zero attached hydrogens (tertiary/aromatic N) is 3. The van der Waals surface area contributed by atoms with Crippen molar-refractivity contribution in [2.75, 3.05) is 32.7 Å². The SMILES string of the molecule is CCC(C)N1CCN(C(=O)N2CCCC2(C)C(=O)O)CC1. The van der Waals surface area contributed by atoms with Crippen LogP contribution >= 0.6 is 0 Å². The fourth-order valence-electron chi connectivity index (χ4n) is 3.28. The molecule has 2 fully saturated rings. The fourth-order valence-corrected chi connectivity index (χ4v) is 3.28. The highest BCUT2D eigenvalue weighted by Crippen LogP contribution is 2.30. The van der Waals surface area contributed by atoms with Crippen molar-refractivity contribution in [1.82, 2.24) is 14.7 Å². The molecule has 0 aromatic carbocycles. The van der Waals surface area contributed by atoms with Crippen molar-refractivity contribution >= 4 is 12.0 Å². The summed E-state index contributed by atoms with van der Waals surface area (Å²) < 4.78 is 0. The fraction of sp³-hybridized carbons (Fsp3) is 0.867. The summed E-state index contributed by atoms with van der Waals surface area (Å²) in [7, 11) is 0. The first-order valence-electron chi connectivity index (χ1n) is 7.94. The van der Waals surface area contributed by atoms with Gasteiger partial charge < -0.3 is 14.9 Å². The lowest BCUT2D eigenvalue weighted by atomic mass is 9.99. The number of carbonyl (C=O) groups excluding carboxylic acids is 1. The first-order chi connectivity index (χ1) is 9.90. The number of rotatable bonds is 3. The van der Waals surface area contributed by atoms with Crippen LogP contribution in [0.5, 0.6) is 0 Å². The van der Waals surface area contributed by atoms with Crippen LogP contribution in [0.2, 0.25) is 0 Å². The van der Waals surface area contributed by atoms with Gasteiger partial charge in [-0.25, -0.2) is 9.59 Å². The number of hydrogen-bond acceptors (Lipinski definition) is 3. The lowest BCUT2D eigenvalue weighted by Crippen LogP contribution is -2.59. The van der Waals surface area contributed by atoms with Crippen molar-refractivity contribution in [3.05, 3.63) is 0 Å². The van der Waals surface area contributed by atoms with Crippen LogP contribution in [0.1, 0.15) is 40.0 Å². The van der Waals surface area contributed by atoms with Crippen molar-refractivity contribution in [2.24, 2.45) is 0 Å². The van der Waals surface area contributed by atoms with Crippen LogP contribution in [0.25, 0.3) is 0 Å². The smallest absolute Gasteiger partial charge is 0.329 e. The summed E-state index contributed by atoms with van der Waals surface area (Å²) in [6.45, 7) is 9.72. The molecule has 0 aromatic rings. The van der Waals surface area contributed by atoms with Crippen LogP contribution in [0.4, 0.5) is 4.79 Å². The maximum Gasteiger partial charge on any atom is 0.329 e. The van der Waals surface area contributed by atoms with E-state index in [1.54, 1.807) is 11.8 Å². The molecule has 2 saturated heterocycles. The third-order valence-corrected chi connectivity index (χ3v) is 5.13. The summed E-state index contributed by atoms with van der Waals surface area (Å²) in [5, 5.41) is 9.42. The zero-order valence-corrected chi connectivity index (χ0v) is 13.3. The molecule has 2 aliphatic heterocycles. The predicted octanol–water partition coefficient (Wildman–Crippen LogP) is 1.46. The van der Waals surface area contributed by atoms with Gasteiger partial charge in [0.05, 0.1) is 0 Å². The quantitative estimate of drug-likeness (QED) is 0.856. The van der Waals surface area contributed by atoms with E-state index in [9.17, 15) is 14.7 Å². The van der Waals surface area contributed by atoms with Gasteiger partial charge in [-0.15, -0.1) is 0 Å². The molecule has 0 radical (unpaired) electrons. The van der Waals surface area contributed by atoms with Gasteiger partial charge in [-0.2, -0.15) is 0 Å². The Labute approximate surface area is 126 Å². The molecule has 2 unspecified atom stereocenters. The average molecular weight is 297 g/mol. The number of aliphatic carboxylic acids is 1. The highest BCUT2D eigenvalue weighted by molar-refractivity contribution is 5.86. The number of hydrogen-bond donors (Lipinski definition) is 1. The van der Waals surface area contributed by atoms with Crippen LogP contribution < -0.4 is 0 Å². The molecule has 6 nitrogen and oxygen atoms in total. The van der Waals surface area contributed by atoms with Gasteiger partial charge in [-0.05, 0) is 33.1 Å².